The zero-order valence-electron chi connectivity index (χ0n) is 14.7. The number of hydrogen-bond donors (Lipinski definition) is 3. The first-order valence-electron chi connectivity index (χ1n) is 9.00. The van der Waals surface area contributed by atoms with Gasteiger partial charge in [-0.15, -0.1) is 0 Å². The summed E-state index contributed by atoms with van der Waals surface area (Å²) in [6.07, 6.45) is 4.65. The summed E-state index contributed by atoms with van der Waals surface area (Å²) in [4.78, 5) is 21.9. The Labute approximate surface area is 152 Å². The highest BCUT2D eigenvalue weighted by molar-refractivity contribution is 6.01. The summed E-state index contributed by atoms with van der Waals surface area (Å²) in [5.41, 5.74) is 11.2. The van der Waals surface area contributed by atoms with E-state index in [1.807, 2.05) is 18.4 Å². The van der Waals surface area contributed by atoms with Crippen LogP contribution in [-0.2, 0) is 0 Å². The lowest BCUT2D eigenvalue weighted by Gasteiger charge is -2.29. The lowest BCUT2D eigenvalue weighted by Crippen LogP contribution is -2.43. The number of rotatable bonds is 4. The molecule has 2 aliphatic rings. The van der Waals surface area contributed by atoms with Gasteiger partial charge in [0.25, 0.3) is 5.91 Å². The standard InChI is InChI=1S/C20H23N5O/c21-20(26)17-13-18(14-5-7-22-8-6-14)24-19(17)15-1-3-16(4-2-15)25-11-9-23-10-12-25/h1-5,7,13,23-24H,6,8-12H2,(H2,21,26). The van der Waals surface area contributed by atoms with Crippen LogP contribution in [0.5, 0.6) is 0 Å². The molecule has 0 bridgehead atoms. The first kappa shape index (κ1) is 16.6. The number of piperazine rings is 1. The van der Waals surface area contributed by atoms with Crippen molar-refractivity contribution in [2.75, 3.05) is 37.6 Å². The molecule has 0 spiro atoms. The normalized spacial score (nSPS) is 17.2. The maximum absolute atomic E-state index is 11.9. The Morgan fingerprint density at radius 1 is 1.15 bits per heavy atom. The van der Waals surface area contributed by atoms with E-state index in [-0.39, 0.29) is 0 Å². The molecule has 0 atom stereocenters. The van der Waals surface area contributed by atoms with Crippen LogP contribution < -0.4 is 16.0 Å². The average Bonchev–Trinajstić information content (AvgIpc) is 3.15. The predicted molar refractivity (Wildman–Crippen MR) is 106 cm³/mol. The SMILES string of the molecule is NC(=O)c1cc(C2=CC=NCC2)[nH]c1-c1ccc(N2CCNCC2)cc1. The second-order valence-corrected chi connectivity index (χ2v) is 6.62. The summed E-state index contributed by atoms with van der Waals surface area (Å²) in [6, 6.07) is 10.2. The molecule has 134 valence electrons. The number of dihydropyridines is 1. The van der Waals surface area contributed by atoms with Gasteiger partial charge in [-0.1, -0.05) is 12.1 Å². The number of nitrogens with two attached hydrogens (primary N) is 1. The third-order valence-corrected chi connectivity index (χ3v) is 4.96. The molecule has 0 saturated carbocycles. The number of aromatic amines is 1. The quantitative estimate of drug-likeness (QED) is 0.789. The van der Waals surface area contributed by atoms with Crippen LogP contribution in [0.2, 0.25) is 0 Å². The lowest BCUT2D eigenvalue weighted by atomic mass is 10.1. The maximum Gasteiger partial charge on any atom is 0.250 e. The molecule has 2 aliphatic heterocycles. The van der Waals surface area contributed by atoms with E-state index in [4.69, 9.17) is 5.73 Å². The summed E-state index contributed by atoms with van der Waals surface area (Å²) < 4.78 is 0. The lowest BCUT2D eigenvalue weighted by molar-refractivity contribution is 0.100. The monoisotopic (exact) mass is 349 g/mol. The number of amides is 1. The average molecular weight is 349 g/mol. The van der Waals surface area contributed by atoms with Crippen LogP contribution in [0, 0.1) is 0 Å². The highest BCUT2D eigenvalue weighted by Crippen LogP contribution is 2.30. The molecule has 0 aliphatic carbocycles. The van der Waals surface area contributed by atoms with E-state index in [2.05, 4.69) is 44.5 Å². The van der Waals surface area contributed by atoms with Crippen molar-refractivity contribution in [2.45, 2.75) is 6.42 Å². The maximum atomic E-state index is 11.9. The predicted octanol–water partition coefficient (Wildman–Crippen LogP) is 2.05. The molecule has 0 radical (unpaired) electrons. The molecule has 4 N–H and O–H groups in total. The molecule has 1 aromatic heterocycles. The van der Waals surface area contributed by atoms with Gasteiger partial charge in [-0.3, -0.25) is 9.79 Å². The van der Waals surface area contributed by atoms with Crippen molar-refractivity contribution in [3.8, 4) is 11.3 Å². The molecule has 4 rings (SSSR count). The Kier molecular flexibility index (Phi) is 4.58. The molecule has 6 nitrogen and oxygen atoms in total. The highest BCUT2D eigenvalue weighted by Gasteiger charge is 2.17. The van der Waals surface area contributed by atoms with Gasteiger partial charge >= 0.3 is 0 Å². The van der Waals surface area contributed by atoms with E-state index < -0.39 is 5.91 Å². The molecule has 1 aromatic carbocycles. The van der Waals surface area contributed by atoms with Crippen LogP contribution in [0.3, 0.4) is 0 Å². The number of hydrogen-bond acceptors (Lipinski definition) is 4. The van der Waals surface area contributed by atoms with Crippen LogP contribution >= 0.6 is 0 Å². The first-order chi connectivity index (χ1) is 12.7. The van der Waals surface area contributed by atoms with E-state index in [1.165, 1.54) is 5.69 Å². The number of aliphatic imine (C=N–C) groups is 1. The summed E-state index contributed by atoms with van der Waals surface area (Å²) in [5, 5.41) is 3.36. The molecule has 0 unspecified atom stereocenters. The van der Waals surface area contributed by atoms with Crippen molar-refractivity contribution in [3.05, 3.63) is 47.7 Å². The summed E-state index contributed by atoms with van der Waals surface area (Å²) >= 11 is 0. The molecule has 1 saturated heterocycles. The van der Waals surface area contributed by atoms with Crippen LogP contribution in [0.1, 0.15) is 22.5 Å². The van der Waals surface area contributed by atoms with Crippen molar-refractivity contribution in [1.29, 1.82) is 0 Å². The van der Waals surface area contributed by atoms with Gasteiger partial charge in [0.05, 0.1) is 11.3 Å². The number of nitrogens with one attached hydrogen (secondary N) is 2. The van der Waals surface area contributed by atoms with Crippen molar-refractivity contribution in [3.63, 3.8) is 0 Å². The van der Waals surface area contributed by atoms with Gasteiger partial charge in [0.2, 0.25) is 0 Å². The fourth-order valence-electron chi connectivity index (χ4n) is 3.52. The number of carbonyl (C=O) groups is 1. The Morgan fingerprint density at radius 3 is 2.58 bits per heavy atom. The number of carbonyl (C=O) groups excluding carboxylic acids is 1. The molecule has 26 heavy (non-hydrogen) atoms. The molecule has 1 fully saturated rings. The molecular formula is C20H23N5O. The van der Waals surface area contributed by atoms with Crippen LogP contribution in [0.25, 0.3) is 16.8 Å². The third kappa shape index (κ3) is 3.28. The fraction of sp³-hybridized carbons (Fsp3) is 0.300. The van der Waals surface area contributed by atoms with Crippen molar-refractivity contribution >= 4 is 23.4 Å². The van der Waals surface area contributed by atoms with Gasteiger partial charge in [-0.2, -0.15) is 0 Å². The minimum absolute atomic E-state index is 0.418. The molecule has 1 amide bonds. The Balaban J connectivity index is 1.65. The van der Waals surface area contributed by atoms with Gasteiger partial charge in [0, 0.05) is 50.3 Å². The van der Waals surface area contributed by atoms with Gasteiger partial charge in [-0.05, 0) is 41.8 Å². The largest absolute Gasteiger partial charge is 0.369 e. The number of nitrogens with zero attached hydrogens (tertiary/aromatic N) is 2. The Morgan fingerprint density at radius 2 is 1.92 bits per heavy atom. The van der Waals surface area contributed by atoms with E-state index in [0.717, 1.165) is 61.7 Å². The van der Waals surface area contributed by atoms with Crippen molar-refractivity contribution in [1.82, 2.24) is 10.3 Å². The molecular weight excluding hydrogens is 326 g/mol. The molecule has 3 heterocycles. The minimum atomic E-state index is -0.418. The zero-order chi connectivity index (χ0) is 17.9. The number of primary amides is 1. The van der Waals surface area contributed by atoms with Gasteiger partial charge in [-0.25, -0.2) is 0 Å². The number of anilines is 1. The summed E-state index contributed by atoms with van der Waals surface area (Å²) in [7, 11) is 0. The second kappa shape index (κ2) is 7.17. The first-order valence-corrected chi connectivity index (χ1v) is 9.00. The van der Waals surface area contributed by atoms with Crippen LogP contribution in [0.15, 0.2) is 41.4 Å². The van der Waals surface area contributed by atoms with Gasteiger partial charge in [0.1, 0.15) is 0 Å². The third-order valence-electron chi connectivity index (χ3n) is 4.96. The number of H-pyrrole nitrogens is 1. The minimum Gasteiger partial charge on any atom is -0.369 e. The fourth-order valence-corrected chi connectivity index (χ4v) is 3.52. The van der Waals surface area contributed by atoms with Gasteiger partial charge in [0.15, 0.2) is 0 Å². The summed E-state index contributed by atoms with van der Waals surface area (Å²) in [6.45, 7) is 4.80. The van der Waals surface area contributed by atoms with Crippen LogP contribution in [-0.4, -0.2) is 49.8 Å². The number of benzene rings is 1. The summed E-state index contributed by atoms with van der Waals surface area (Å²) in [5.74, 6) is -0.418. The smallest absolute Gasteiger partial charge is 0.250 e. The second-order valence-electron chi connectivity index (χ2n) is 6.62. The van der Waals surface area contributed by atoms with Crippen molar-refractivity contribution < 1.29 is 4.79 Å². The highest BCUT2D eigenvalue weighted by atomic mass is 16.1. The van der Waals surface area contributed by atoms with E-state index in [1.54, 1.807) is 0 Å². The van der Waals surface area contributed by atoms with Gasteiger partial charge < -0.3 is 20.9 Å². The number of aromatic nitrogens is 1. The molecule has 2 aromatic rings. The Bertz CT molecular complexity index is 857. The van der Waals surface area contributed by atoms with Crippen molar-refractivity contribution in [2.24, 2.45) is 10.7 Å². The van der Waals surface area contributed by atoms with E-state index >= 15 is 0 Å². The zero-order valence-corrected chi connectivity index (χ0v) is 14.7. The molecule has 6 heteroatoms. The van der Waals surface area contributed by atoms with E-state index in [9.17, 15) is 4.79 Å². The number of allylic oxidation sites excluding steroid dienone is 1. The topological polar surface area (TPSA) is 86.5 Å². The Hall–Kier alpha value is -2.86. The van der Waals surface area contributed by atoms with E-state index in [0.29, 0.717) is 5.56 Å². The van der Waals surface area contributed by atoms with Crippen LogP contribution in [0.4, 0.5) is 5.69 Å².